The molecule has 0 aromatic heterocycles. The topological polar surface area (TPSA) is 29.8 Å². The van der Waals surface area contributed by atoms with Gasteiger partial charge in [0.25, 0.3) is 7.11 Å². The van der Waals surface area contributed by atoms with Crippen molar-refractivity contribution in [2.24, 2.45) is 0 Å². The van der Waals surface area contributed by atoms with E-state index in [9.17, 15) is 0 Å². The molecule has 0 bridgehead atoms. The first-order valence-corrected chi connectivity index (χ1v) is 5.55. The summed E-state index contributed by atoms with van der Waals surface area (Å²) in [7, 11) is 1.67. The first-order chi connectivity index (χ1) is 7.88. The number of hydrogen-bond acceptors (Lipinski definition) is 2. The molecule has 1 heterocycles. The second kappa shape index (κ2) is 5.77. The molecule has 1 aliphatic heterocycles. The summed E-state index contributed by atoms with van der Waals surface area (Å²) < 4.78 is 16.0. The monoisotopic (exact) mass is 221 g/mol. The molecule has 1 atom stereocenters. The summed E-state index contributed by atoms with van der Waals surface area (Å²) in [6.45, 7) is 2.13. The molecular formula is C13H17O3+. The second-order valence-electron chi connectivity index (χ2n) is 3.78. The van der Waals surface area contributed by atoms with Crippen molar-refractivity contribution >= 4 is 5.78 Å². The Morgan fingerprint density at radius 1 is 1.31 bits per heavy atom. The van der Waals surface area contributed by atoms with Crippen LogP contribution < -0.4 is 0 Å². The molecule has 1 unspecified atom stereocenters. The summed E-state index contributed by atoms with van der Waals surface area (Å²) in [6.07, 6.45) is 11.3. The van der Waals surface area contributed by atoms with Crippen molar-refractivity contribution in [3.8, 4) is 0 Å². The Labute approximate surface area is 95.7 Å². The van der Waals surface area contributed by atoms with Gasteiger partial charge in [0.15, 0.2) is 0 Å². The summed E-state index contributed by atoms with van der Waals surface area (Å²) in [5.74, 6) is 0.884. The van der Waals surface area contributed by atoms with Crippen molar-refractivity contribution in [1.82, 2.24) is 0 Å². The minimum atomic E-state index is 0.204. The molecule has 0 aromatic carbocycles. The van der Waals surface area contributed by atoms with Crippen molar-refractivity contribution in [2.45, 2.75) is 12.5 Å². The molecule has 2 aliphatic rings. The van der Waals surface area contributed by atoms with Crippen LogP contribution in [-0.4, -0.2) is 38.8 Å². The molecule has 0 N–H and O–H groups in total. The van der Waals surface area contributed by atoms with Crippen LogP contribution in [0.3, 0.4) is 0 Å². The zero-order valence-electron chi connectivity index (χ0n) is 9.52. The SMILES string of the molecule is C[O+]=C1C=CC(=CCC2COCCO2)C=C1. The van der Waals surface area contributed by atoms with Crippen LogP contribution >= 0.6 is 0 Å². The third kappa shape index (κ3) is 3.15. The Bertz CT molecular complexity index is 326. The van der Waals surface area contributed by atoms with Gasteiger partial charge in [-0.1, -0.05) is 6.08 Å². The maximum absolute atomic E-state index is 5.56. The summed E-state index contributed by atoms with van der Waals surface area (Å²) in [6, 6.07) is 0. The lowest BCUT2D eigenvalue weighted by atomic mass is 10.1. The zero-order chi connectivity index (χ0) is 11.2. The molecule has 0 amide bonds. The van der Waals surface area contributed by atoms with Gasteiger partial charge in [-0.3, -0.25) is 4.42 Å². The maximum Gasteiger partial charge on any atom is 0.343 e. The standard InChI is InChI=1S/C13H17O3/c1-14-12-5-2-11(3-6-12)4-7-13-10-15-8-9-16-13/h2-6,13H,7-10H2,1H3/q+1. The summed E-state index contributed by atoms with van der Waals surface area (Å²) >= 11 is 0. The molecule has 3 nitrogen and oxygen atoms in total. The second-order valence-corrected chi connectivity index (χ2v) is 3.78. The predicted molar refractivity (Wildman–Crippen MR) is 62.5 cm³/mol. The van der Waals surface area contributed by atoms with Gasteiger partial charge in [-0.15, -0.1) is 0 Å². The number of ketones is 1. The molecule has 0 aromatic rings. The van der Waals surface area contributed by atoms with Gasteiger partial charge in [-0.25, -0.2) is 0 Å². The first-order valence-electron chi connectivity index (χ1n) is 5.55. The van der Waals surface area contributed by atoms with E-state index < -0.39 is 0 Å². The summed E-state index contributed by atoms with van der Waals surface area (Å²) in [4.78, 5) is 0. The van der Waals surface area contributed by atoms with E-state index in [1.807, 2.05) is 24.3 Å². The third-order valence-electron chi connectivity index (χ3n) is 2.62. The van der Waals surface area contributed by atoms with Gasteiger partial charge < -0.3 is 9.47 Å². The van der Waals surface area contributed by atoms with Crippen LogP contribution in [0.2, 0.25) is 0 Å². The highest BCUT2D eigenvalue weighted by Crippen LogP contribution is 2.11. The van der Waals surface area contributed by atoms with Crippen LogP contribution in [0.1, 0.15) is 6.42 Å². The molecule has 0 saturated carbocycles. The minimum absolute atomic E-state index is 0.204. The minimum Gasteiger partial charge on any atom is -0.376 e. The van der Waals surface area contributed by atoms with Crippen LogP contribution in [0.25, 0.3) is 0 Å². The lowest BCUT2D eigenvalue weighted by Gasteiger charge is -2.21. The van der Waals surface area contributed by atoms with Gasteiger partial charge in [0.1, 0.15) is 0 Å². The fourth-order valence-electron chi connectivity index (χ4n) is 1.68. The van der Waals surface area contributed by atoms with E-state index in [4.69, 9.17) is 13.9 Å². The lowest BCUT2D eigenvalue weighted by molar-refractivity contribution is -0.417. The molecular weight excluding hydrogens is 204 g/mol. The fourth-order valence-corrected chi connectivity index (χ4v) is 1.68. The van der Waals surface area contributed by atoms with Gasteiger partial charge in [0.05, 0.1) is 25.9 Å². The number of carbonyl (C=O) groups excluding carboxylic acids is 1. The molecule has 1 saturated heterocycles. The van der Waals surface area contributed by atoms with Crippen molar-refractivity contribution in [2.75, 3.05) is 26.9 Å². The lowest BCUT2D eigenvalue weighted by Crippen LogP contribution is -2.27. The molecule has 1 aliphatic carbocycles. The van der Waals surface area contributed by atoms with E-state index in [1.165, 1.54) is 5.57 Å². The molecule has 86 valence electrons. The van der Waals surface area contributed by atoms with Crippen LogP contribution in [0.4, 0.5) is 0 Å². The Kier molecular flexibility index (Phi) is 4.08. The largest absolute Gasteiger partial charge is 0.376 e. The maximum atomic E-state index is 5.56. The van der Waals surface area contributed by atoms with Gasteiger partial charge in [0.2, 0.25) is 0 Å². The van der Waals surface area contributed by atoms with E-state index in [-0.39, 0.29) is 6.10 Å². The number of rotatable bonds is 2. The van der Waals surface area contributed by atoms with Crippen LogP contribution in [0, 0.1) is 0 Å². The Hall–Kier alpha value is -1.19. The quantitative estimate of drug-likeness (QED) is 0.663. The Morgan fingerprint density at radius 2 is 2.12 bits per heavy atom. The van der Waals surface area contributed by atoms with Crippen molar-refractivity contribution in [3.05, 3.63) is 36.0 Å². The molecule has 1 fully saturated rings. The molecule has 16 heavy (non-hydrogen) atoms. The first kappa shape index (κ1) is 11.3. The van der Waals surface area contributed by atoms with E-state index in [1.54, 1.807) is 7.11 Å². The van der Waals surface area contributed by atoms with Gasteiger partial charge in [-0.05, 0) is 24.1 Å². The molecule has 2 rings (SSSR count). The van der Waals surface area contributed by atoms with Crippen LogP contribution in [-0.2, 0) is 13.9 Å². The number of ether oxygens (including phenoxy) is 2. The van der Waals surface area contributed by atoms with Crippen LogP contribution in [0.15, 0.2) is 36.0 Å². The van der Waals surface area contributed by atoms with E-state index in [0.29, 0.717) is 13.2 Å². The third-order valence-corrected chi connectivity index (χ3v) is 2.62. The van der Waals surface area contributed by atoms with E-state index in [0.717, 1.165) is 18.8 Å². The smallest absolute Gasteiger partial charge is 0.343 e. The Morgan fingerprint density at radius 3 is 2.75 bits per heavy atom. The normalized spacial score (nSPS) is 24.7. The van der Waals surface area contributed by atoms with Gasteiger partial charge in [0, 0.05) is 12.2 Å². The van der Waals surface area contributed by atoms with Gasteiger partial charge in [-0.2, -0.15) is 0 Å². The number of allylic oxidation sites excluding steroid dienone is 5. The average molecular weight is 221 g/mol. The summed E-state index contributed by atoms with van der Waals surface area (Å²) in [5, 5.41) is 0. The summed E-state index contributed by atoms with van der Waals surface area (Å²) in [5.41, 5.74) is 1.19. The van der Waals surface area contributed by atoms with Crippen molar-refractivity contribution in [1.29, 1.82) is 0 Å². The van der Waals surface area contributed by atoms with Crippen molar-refractivity contribution < 1.29 is 13.9 Å². The van der Waals surface area contributed by atoms with E-state index in [2.05, 4.69) is 6.08 Å². The Balaban J connectivity index is 1.86. The highest BCUT2D eigenvalue weighted by atomic mass is 16.6. The molecule has 0 radical (unpaired) electrons. The van der Waals surface area contributed by atoms with E-state index >= 15 is 0 Å². The average Bonchev–Trinajstić information content (AvgIpc) is 2.38. The highest BCUT2D eigenvalue weighted by molar-refractivity contribution is 6.01. The number of hydrogen-bond donors (Lipinski definition) is 0. The fraction of sp³-hybridized carbons (Fsp3) is 0.462. The molecule has 3 heteroatoms. The van der Waals surface area contributed by atoms with Crippen LogP contribution in [0.5, 0.6) is 0 Å². The van der Waals surface area contributed by atoms with Gasteiger partial charge >= 0.3 is 5.78 Å². The van der Waals surface area contributed by atoms with Crippen molar-refractivity contribution in [3.63, 3.8) is 0 Å². The molecule has 0 spiro atoms. The highest BCUT2D eigenvalue weighted by Gasteiger charge is 2.13. The zero-order valence-corrected chi connectivity index (χ0v) is 9.52. The predicted octanol–water partition coefficient (Wildman–Crippen LogP) is 1.58.